The molecule has 2 aromatic heterocycles. The molecule has 3 rings (SSSR count). The van der Waals surface area contributed by atoms with Crippen molar-refractivity contribution < 1.29 is 0 Å². The highest BCUT2D eigenvalue weighted by molar-refractivity contribution is 5.90. The smallest absolute Gasteiger partial charge is 0.138 e. The van der Waals surface area contributed by atoms with Gasteiger partial charge >= 0.3 is 0 Å². The van der Waals surface area contributed by atoms with Crippen LogP contribution in [0.15, 0.2) is 30.9 Å². The van der Waals surface area contributed by atoms with Crippen LogP contribution in [0.2, 0.25) is 0 Å². The third-order valence-corrected chi connectivity index (χ3v) is 2.47. The van der Waals surface area contributed by atoms with Crippen molar-refractivity contribution in [1.29, 1.82) is 0 Å². The number of aryl methyl sites for hydroxylation is 1. The Kier molecular flexibility index (Phi) is 1.62. The van der Waals surface area contributed by atoms with Crippen LogP contribution in [-0.4, -0.2) is 19.7 Å². The molecule has 0 saturated carbocycles. The van der Waals surface area contributed by atoms with Crippen LogP contribution in [0, 0.1) is 13.1 Å². The first kappa shape index (κ1) is 8.23. The molecule has 3 aromatic rings. The second-order valence-electron chi connectivity index (χ2n) is 3.41. The van der Waals surface area contributed by atoms with E-state index in [0.717, 1.165) is 22.2 Å². The van der Waals surface area contributed by atoms with Crippen molar-refractivity contribution in [2.75, 3.05) is 0 Å². The molecular weight excluding hydrogens is 188 g/mol. The van der Waals surface area contributed by atoms with E-state index in [4.69, 9.17) is 0 Å². The number of aromatic nitrogens is 4. The standard InChI is InChI=1S/C11H9N4/c1-8-5-13-9-3-2-4-10(11(8)9)15-7-12-6-14-15/h2-4,6-7,13H,1H3. The van der Waals surface area contributed by atoms with E-state index in [1.165, 1.54) is 6.33 Å². The first-order valence-corrected chi connectivity index (χ1v) is 4.70. The second-order valence-corrected chi connectivity index (χ2v) is 3.41. The van der Waals surface area contributed by atoms with Crippen LogP contribution in [-0.2, 0) is 0 Å². The van der Waals surface area contributed by atoms with Crippen molar-refractivity contribution in [2.45, 2.75) is 6.92 Å². The Morgan fingerprint density at radius 2 is 2.33 bits per heavy atom. The van der Waals surface area contributed by atoms with Gasteiger partial charge < -0.3 is 4.98 Å². The van der Waals surface area contributed by atoms with Crippen molar-refractivity contribution in [3.8, 4) is 5.69 Å². The van der Waals surface area contributed by atoms with E-state index < -0.39 is 0 Å². The van der Waals surface area contributed by atoms with Gasteiger partial charge in [-0.25, -0.2) is 9.67 Å². The SMILES string of the molecule is Cc1[c][nH]c2cccc(-n3cncn3)c12. The van der Waals surface area contributed by atoms with Gasteiger partial charge in [-0.05, 0) is 24.6 Å². The quantitative estimate of drug-likeness (QED) is 0.647. The Bertz CT molecular complexity index is 592. The Balaban J connectivity index is 2.39. The zero-order valence-electron chi connectivity index (χ0n) is 8.23. The molecule has 1 aromatic carbocycles. The number of nitrogens with one attached hydrogen (secondary N) is 1. The molecule has 0 spiro atoms. The van der Waals surface area contributed by atoms with Crippen molar-refractivity contribution in [2.24, 2.45) is 0 Å². The number of hydrogen-bond acceptors (Lipinski definition) is 2. The van der Waals surface area contributed by atoms with E-state index >= 15 is 0 Å². The largest absolute Gasteiger partial charge is 0.353 e. The van der Waals surface area contributed by atoms with Crippen LogP contribution in [0.5, 0.6) is 0 Å². The number of hydrogen-bond donors (Lipinski definition) is 1. The highest BCUT2D eigenvalue weighted by Crippen LogP contribution is 2.23. The molecule has 1 radical (unpaired) electrons. The van der Waals surface area contributed by atoms with Gasteiger partial charge in [0, 0.05) is 10.9 Å². The van der Waals surface area contributed by atoms with Crippen LogP contribution < -0.4 is 0 Å². The van der Waals surface area contributed by atoms with Crippen LogP contribution in [0.25, 0.3) is 16.6 Å². The van der Waals surface area contributed by atoms with Gasteiger partial charge in [0.2, 0.25) is 0 Å². The van der Waals surface area contributed by atoms with E-state index in [1.807, 2.05) is 25.1 Å². The lowest BCUT2D eigenvalue weighted by Gasteiger charge is -2.02. The fraction of sp³-hybridized carbons (Fsp3) is 0.0909. The topological polar surface area (TPSA) is 46.5 Å². The second kappa shape index (κ2) is 2.95. The van der Waals surface area contributed by atoms with Gasteiger partial charge in [-0.1, -0.05) is 6.07 Å². The lowest BCUT2D eigenvalue weighted by Crippen LogP contribution is -1.94. The normalized spacial score (nSPS) is 11.0. The maximum Gasteiger partial charge on any atom is 0.138 e. The molecular formula is C11H9N4. The van der Waals surface area contributed by atoms with Crippen LogP contribution in [0.1, 0.15) is 5.56 Å². The molecule has 4 nitrogen and oxygen atoms in total. The van der Waals surface area contributed by atoms with Gasteiger partial charge in [0.1, 0.15) is 12.7 Å². The molecule has 0 fully saturated rings. The molecule has 15 heavy (non-hydrogen) atoms. The molecule has 4 heteroatoms. The Morgan fingerprint density at radius 3 is 3.13 bits per heavy atom. The molecule has 0 amide bonds. The average Bonchev–Trinajstić information content (AvgIpc) is 2.88. The molecule has 0 unspecified atom stereocenters. The zero-order chi connectivity index (χ0) is 10.3. The lowest BCUT2D eigenvalue weighted by molar-refractivity contribution is 0.886. The predicted molar refractivity (Wildman–Crippen MR) is 56.8 cm³/mol. The molecule has 1 N–H and O–H groups in total. The Morgan fingerprint density at radius 1 is 1.40 bits per heavy atom. The summed E-state index contributed by atoms with van der Waals surface area (Å²) in [6, 6.07) is 6.04. The van der Waals surface area contributed by atoms with Crippen LogP contribution >= 0.6 is 0 Å². The minimum Gasteiger partial charge on any atom is -0.353 e. The third kappa shape index (κ3) is 1.15. The summed E-state index contributed by atoms with van der Waals surface area (Å²) >= 11 is 0. The number of fused-ring (bicyclic) bond motifs is 1. The molecule has 0 aliphatic rings. The van der Waals surface area contributed by atoms with Crippen LogP contribution in [0.3, 0.4) is 0 Å². The fourth-order valence-corrected chi connectivity index (χ4v) is 1.79. The van der Waals surface area contributed by atoms with Crippen molar-refractivity contribution >= 4 is 10.9 Å². The minimum absolute atomic E-state index is 1.03. The van der Waals surface area contributed by atoms with Gasteiger partial charge in [-0.15, -0.1) is 0 Å². The van der Waals surface area contributed by atoms with Gasteiger partial charge in [-0.3, -0.25) is 0 Å². The number of benzene rings is 1. The Labute approximate surface area is 86.6 Å². The van der Waals surface area contributed by atoms with Gasteiger partial charge in [0.15, 0.2) is 0 Å². The number of aromatic amines is 1. The first-order valence-electron chi connectivity index (χ1n) is 4.70. The number of rotatable bonds is 1. The van der Waals surface area contributed by atoms with Crippen molar-refractivity contribution in [1.82, 2.24) is 19.7 Å². The molecule has 0 saturated heterocycles. The molecule has 0 aliphatic carbocycles. The molecule has 0 atom stereocenters. The van der Waals surface area contributed by atoms with Gasteiger partial charge in [0.05, 0.1) is 11.9 Å². The summed E-state index contributed by atoms with van der Waals surface area (Å²) in [5, 5.41) is 5.28. The average molecular weight is 197 g/mol. The highest BCUT2D eigenvalue weighted by atomic mass is 15.3. The lowest BCUT2D eigenvalue weighted by atomic mass is 10.1. The van der Waals surface area contributed by atoms with E-state index in [1.54, 1.807) is 11.0 Å². The van der Waals surface area contributed by atoms with Crippen molar-refractivity contribution in [3.05, 3.63) is 42.6 Å². The molecule has 0 bridgehead atoms. The molecule has 2 heterocycles. The fourth-order valence-electron chi connectivity index (χ4n) is 1.79. The van der Waals surface area contributed by atoms with E-state index in [-0.39, 0.29) is 0 Å². The maximum absolute atomic E-state index is 4.14. The van der Waals surface area contributed by atoms with Gasteiger partial charge in [-0.2, -0.15) is 5.10 Å². The molecule has 0 aliphatic heterocycles. The first-order chi connectivity index (χ1) is 7.36. The zero-order valence-corrected chi connectivity index (χ0v) is 8.23. The number of H-pyrrole nitrogens is 1. The summed E-state index contributed by atoms with van der Waals surface area (Å²) in [5.74, 6) is 0. The summed E-state index contributed by atoms with van der Waals surface area (Å²) in [7, 11) is 0. The summed E-state index contributed by atoms with van der Waals surface area (Å²) < 4.78 is 1.76. The van der Waals surface area contributed by atoms with Crippen LogP contribution in [0.4, 0.5) is 0 Å². The predicted octanol–water partition coefficient (Wildman–Crippen LogP) is 1.86. The van der Waals surface area contributed by atoms with Crippen molar-refractivity contribution in [3.63, 3.8) is 0 Å². The highest BCUT2D eigenvalue weighted by Gasteiger charge is 2.07. The van der Waals surface area contributed by atoms with E-state index in [2.05, 4.69) is 21.3 Å². The summed E-state index contributed by atoms with van der Waals surface area (Å²) in [6.45, 7) is 2.03. The van der Waals surface area contributed by atoms with E-state index in [0.29, 0.717) is 0 Å². The summed E-state index contributed by atoms with van der Waals surface area (Å²) in [6.07, 6.45) is 6.32. The van der Waals surface area contributed by atoms with E-state index in [9.17, 15) is 0 Å². The molecule has 73 valence electrons. The minimum atomic E-state index is 1.03. The monoisotopic (exact) mass is 197 g/mol. The maximum atomic E-state index is 4.14. The number of nitrogens with zero attached hydrogens (tertiary/aromatic N) is 3. The summed E-state index contributed by atoms with van der Waals surface area (Å²) in [4.78, 5) is 7.05. The summed E-state index contributed by atoms with van der Waals surface area (Å²) in [5.41, 5.74) is 3.19. The third-order valence-electron chi connectivity index (χ3n) is 2.47. The van der Waals surface area contributed by atoms with Gasteiger partial charge in [0.25, 0.3) is 0 Å². The Hall–Kier alpha value is -2.10.